The van der Waals surface area contributed by atoms with Crippen LogP contribution in [-0.2, 0) is 41.6 Å². The van der Waals surface area contributed by atoms with Crippen LogP contribution in [0, 0.1) is 5.92 Å². The topological polar surface area (TPSA) is 247 Å². The first-order chi connectivity index (χ1) is 23.7. The van der Waals surface area contributed by atoms with Crippen LogP contribution in [0.15, 0.2) is 54.6 Å². The lowest BCUT2D eigenvalue weighted by atomic mass is 10.0. The minimum absolute atomic E-state index is 0.00452. The molecule has 4 rings (SSSR count). The van der Waals surface area contributed by atoms with Gasteiger partial charge in [0.05, 0.1) is 12.6 Å². The molecule has 8 atom stereocenters. The first kappa shape index (κ1) is 38.2. The van der Waals surface area contributed by atoms with Crippen LogP contribution in [0.2, 0.25) is 0 Å². The molecule has 2 aromatic carbocycles. The fraction of sp³-hybridized carbons (Fsp3) is 0.500. The zero-order valence-corrected chi connectivity index (χ0v) is 27.8. The zero-order valence-electron chi connectivity index (χ0n) is 27.8. The Labute approximate surface area is 288 Å². The quantitative estimate of drug-likeness (QED) is 0.141. The molecule has 0 saturated carbocycles. The highest BCUT2D eigenvalue weighted by Crippen LogP contribution is 2.22. The van der Waals surface area contributed by atoms with Gasteiger partial charge in [0.25, 0.3) is 0 Å². The molecule has 2 aromatic rings. The summed E-state index contributed by atoms with van der Waals surface area (Å²) in [4.78, 5) is 67.2. The Kier molecular flexibility index (Phi) is 13.3. The fourth-order valence-corrected chi connectivity index (χ4v) is 5.81. The molecule has 0 radical (unpaired) electrons. The number of carbonyl (C=O) groups is 5. The van der Waals surface area contributed by atoms with Crippen molar-refractivity contribution in [2.45, 2.75) is 81.8 Å². The Morgan fingerprint density at radius 2 is 1.42 bits per heavy atom. The van der Waals surface area contributed by atoms with Crippen molar-refractivity contribution in [3.8, 4) is 5.75 Å². The molecule has 0 aliphatic carbocycles. The number of fused-ring (bicyclic) bond motifs is 1. The zero-order chi connectivity index (χ0) is 36.5. The van der Waals surface area contributed by atoms with Crippen molar-refractivity contribution >= 4 is 29.6 Å². The molecule has 2 aliphatic rings. The van der Waals surface area contributed by atoms with Crippen LogP contribution in [0.5, 0.6) is 5.75 Å². The molecular weight excluding hydrogens is 654 g/mol. The standard InChI is InChI=1S/C34H45N5O11/c1-18(2)12-24-34(49)50-17-25(41)28(44)29(45)30(46)31-37-23(14-20-8-10-21(40)11-9-20)33(48)39(31)16-27(43)35-15-26(42)36-22(32(47)38-24)13-19-6-4-3-5-7-19/h3-11,18,22-25,28-31,37,40-41,44-46H,12-17H2,1-2H3,(H,35,43)(H,36,42)(H,38,47)/t22-,23-,24-,25+,28+,29-,30+,31?/m0/s1. The summed E-state index contributed by atoms with van der Waals surface area (Å²) in [5, 5.41) is 63.5. The maximum absolute atomic E-state index is 13.5. The van der Waals surface area contributed by atoms with E-state index in [4.69, 9.17) is 4.74 Å². The molecule has 2 fully saturated rings. The number of cyclic esters (lactones) is 1. The summed E-state index contributed by atoms with van der Waals surface area (Å²) >= 11 is 0. The molecule has 16 nitrogen and oxygen atoms in total. The molecule has 4 amide bonds. The number of amides is 4. The Balaban J connectivity index is 1.61. The van der Waals surface area contributed by atoms with Crippen molar-refractivity contribution in [3.05, 3.63) is 65.7 Å². The van der Waals surface area contributed by atoms with Crippen molar-refractivity contribution < 1.29 is 54.2 Å². The van der Waals surface area contributed by atoms with Gasteiger partial charge in [0, 0.05) is 6.42 Å². The van der Waals surface area contributed by atoms with Gasteiger partial charge in [-0.2, -0.15) is 0 Å². The van der Waals surface area contributed by atoms with Crippen molar-refractivity contribution in [1.29, 1.82) is 0 Å². The van der Waals surface area contributed by atoms with Crippen molar-refractivity contribution in [1.82, 2.24) is 26.2 Å². The van der Waals surface area contributed by atoms with Crippen LogP contribution in [0.25, 0.3) is 0 Å². The van der Waals surface area contributed by atoms with Gasteiger partial charge >= 0.3 is 5.97 Å². The second-order valence-corrected chi connectivity index (χ2v) is 12.9. The van der Waals surface area contributed by atoms with Gasteiger partial charge in [0.15, 0.2) is 0 Å². The van der Waals surface area contributed by atoms with Gasteiger partial charge in [-0.05, 0) is 42.0 Å². The number of nitrogens with zero attached hydrogens (tertiary/aromatic N) is 1. The number of aliphatic hydroxyl groups is 4. The highest BCUT2D eigenvalue weighted by Gasteiger charge is 2.47. The second kappa shape index (κ2) is 17.4. The maximum atomic E-state index is 13.5. The van der Waals surface area contributed by atoms with Crippen LogP contribution in [0.4, 0.5) is 0 Å². The van der Waals surface area contributed by atoms with Crippen molar-refractivity contribution in [2.24, 2.45) is 5.92 Å². The number of ether oxygens (including phenoxy) is 1. The van der Waals surface area contributed by atoms with E-state index in [2.05, 4.69) is 21.3 Å². The summed E-state index contributed by atoms with van der Waals surface area (Å²) in [6, 6.07) is 11.4. The van der Waals surface area contributed by atoms with E-state index in [1.807, 2.05) is 0 Å². The number of phenols is 1. The molecule has 0 spiro atoms. The third-order valence-corrected chi connectivity index (χ3v) is 8.48. The number of esters is 1. The first-order valence-corrected chi connectivity index (χ1v) is 16.4. The Bertz CT molecular complexity index is 1490. The van der Waals surface area contributed by atoms with E-state index >= 15 is 0 Å². The van der Waals surface area contributed by atoms with Crippen molar-refractivity contribution in [2.75, 3.05) is 19.7 Å². The molecule has 50 heavy (non-hydrogen) atoms. The third kappa shape index (κ3) is 10.2. The Morgan fingerprint density at radius 3 is 2.08 bits per heavy atom. The van der Waals surface area contributed by atoms with E-state index in [-0.39, 0.29) is 30.9 Å². The highest BCUT2D eigenvalue weighted by molar-refractivity contribution is 5.93. The number of aromatic hydroxyl groups is 1. The molecule has 0 aromatic heterocycles. The largest absolute Gasteiger partial charge is 0.508 e. The first-order valence-electron chi connectivity index (χ1n) is 16.4. The van der Waals surface area contributed by atoms with E-state index in [0.717, 1.165) is 4.90 Å². The van der Waals surface area contributed by atoms with Gasteiger partial charge in [-0.1, -0.05) is 56.3 Å². The number of nitrogens with one attached hydrogen (secondary N) is 4. The van der Waals surface area contributed by atoms with Gasteiger partial charge in [0.1, 0.15) is 61.6 Å². The SMILES string of the molecule is CC(C)C[C@@H]1NC(=O)[C@H](Cc2ccccc2)NC(=O)CNC(=O)CN2C(=O)[C@H](Cc3ccc(O)cc3)NC2[C@H](O)[C@@H](O)[C@H](O)[C@H](O)COC1=O. The van der Waals surface area contributed by atoms with E-state index in [9.17, 15) is 49.5 Å². The third-order valence-electron chi connectivity index (χ3n) is 8.48. The summed E-state index contributed by atoms with van der Waals surface area (Å²) in [6.07, 6.45) is -9.30. The average Bonchev–Trinajstić information content (AvgIpc) is 3.38. The molecule has 2 heterocycles. The van der Waals surface area contributed by atoms with Gasteiger partial charge < -0.3 is 51.1 Å². The van der Waals surface area contributed by atoms with E-state index in [1.165, 1.54) is 12.1 Å². The summed E-state index contributed by atoms with van der Waals surface area (Å²) < 4.78 is 5.22. The van der Waals surface area contributed by atoms with E-state index < -0.39 is 98.0 Å². The van der Waals surface area contributed by atoms with Crippen LogP contribution >= 0.6 is 0 Å². The minimum Gasteiger partial charge on any atom is -0.508 e. The molecule has 16 heteroatoms. The van der Waals surface area contributed by atoms with Gasteiger partial charge in [-0.15, -0.1) is 0 Å². The molecule has 2 saturated heterocycles. The molecule has 0 bridgehead atoms. The van der Waals surface area contributed by atoms with Gasteiger partial charge in [0.2, 0.25) is 23.6 Å². The predicted molar refractivity (Wildman–Crippen MR) is 176 cm³/mol. The minimum atomic E-state index is -2.11. The summed E-state index contributed by atoms with van der Waals surface area (Å²) in [7, 11) is 0. The monoisotopic (exact) mass is 699 g/mol. The van der Waals surface area contributed by atoms with Gasteiger partial charge in [-0.3, -0.25) is 24.5 Å². The molecule has 2 aliphatic heterocycles. The lowest BCUT2D eigenvalue weighted by Crippen LogP contribution is -2.58. The van der Waals surface area contributed by atoms with E-state index in [1.54, 1.807) is 56.3 Å². The van der Waals surface area contributed by atoms with Crippen LogP contribution in [0.3, 0.4) is 0 Å². The van der Waals surface area contributed by atoms with Gasteiger partial charge in [-0.25, -0.2) is 4.79 Å². The Hall–Kier alpha value is -4.61. The number of phenolic OH excluding ortho intramolecular Hbond substituents is 1. The molecule has 9 N–H and O–H groups in total. The molecule has 272 valence electrons. The number of aliphatic hydroxyl groups excluding tert-OH is 4. The van der Waals surface area contributed by atoms with Crippen LogP contribution in [0.1, 0.15) is 31.4 Å². The summed E-state index contributed by atoms with van der Waals surface area (Å²) in [5.74, 6) is -3.99. The number of benzene rings is 2. The van der Waals surface area contributed by atoms with Crippen molar-refractivity contribution in [3.63, 3.8) is 0 Å². The molecular formula is C34H45N5O11. The van der Waals surface area contributed by atoms with E-state index in [0.29, 0.717) is 11.1 Å². The highest BCUT2D eigenvalue weighted by atomic mass is 16.5. The summed E-state index contributed by atoms with van der Waals surface area (Å²) in [6.45, 7) is 1.50. The van der Waals surface area contributed by atoms with Crippen LogP contribution in [-0.4, -0.2) is 128 Å². The normalized spacial score (nSPS) is 29.2. The lowest BCUT2D eigenvalue weighted by Gasteiger charge is -2.33. The maximum Gasteiger partial charge on any atom is 0.328 e. The van der Waals surface area contributed by atoms with Crippen LogP contribution < -0.4 is 21.3 Å². The lowest BCUT2D eigenvalue weighted by molar-refractivity contribution is -0.161. The number of carbonyl (C=O) groups excluding carboxylic acids is 5. The number of hydrogen-bond acceptors (Lipinski definition) is 12. The summed E-state index contributed by atoms with van der Waals surface area (Å²) in [5.41, 5.74) is 1.31. The second-order valence-electron chi connectivity index (χ2n) is 12.9. The molecule has 1 unspecified atom stereocenters. The average molecular weight is 700 g/mol. The predicted octanol–water partition coefficient (Wildman–Crippen LogP) is -2.56. The Morgan fingerprint density at radius 1 is 0.780 bits per heavy atom. The number of hydrogen-bond donors (Lipinski definition) is 9. The smallest absolute Gasteiger partial charge is 0.328 e. The fourth-order valence-electron chi connectivity index (χ4n) is 5.81. The number of rotatable bonds is 6.